The molecule has 0 bridgehead atoms. The van der Waals surface area contributed by atoms with Crippen molar-refractivity contribution < 1.29 is 4.39 Å². The summed E-state index contributed by atoms with van der Waals surface area (Å²) in [6, 6.07) is 4.68. The molecule has 16 heavy (non-hydrogen) atoms. The van der Waals surface area contributed by atoms with Crippen molar-refractivity contribution in [2.75, 3.05) is 0 Å². The summed E-state index contributed by atoms with van der Waals surface area (Å²) in [4.78, 5) is 0. The molecule has 1 aromatic rings. The molecule has 1 saturated carbocycles. The zero-order chi connectivity index (χ0) is 11.5. The molecule has 0 aromatic heterocycles. The van der Waals surface area contributed by atoms with Crippen molar-refractivity contribution in [1.29, 1.82) is 0 Å². The number of halogens is 2. The lowest BCUT2D eigenvalue weighted by molar-refractivity contribution is 0.275. The Hall–Kier alpha value is -0.600. The zero-order valence-electron chi connectivity index (χ0n) is 9.26. The van der Waals surface area contributed by atoms with Crippen LogP contribution in [0.3, 0.4) is 0 Å². The molecule has 1 aliphatic rings. The highest BCUT2D eigenvalue weighted by atomic mass is 35.5. The van der Waals surface area contributed by atoms with E-state index < -0.39 is 0 Å². The lowest BCUT2D eigenvalue weighted by Gasteiger charge is -2.28. The van der Waals surface area contributed by atoms with Crippen LogP contribution in [0.5, 0.6) is 0 Å². The molecule has 1 atom stereocenters. The predicted octanol–water partition coefficient (Wildman–Crippen LogP) is 3.54. The Bertz CT molecular complexity index is 363. The zero-order valence-corrected chi connectivity index (χ0v) is 10.0. The van der Waals surface area contributed by atoms with E-state index in [1.807, 2.05) is 0 Å². The summed E-state index contributed by atoms with van der Waals surface area (Å²) < 4.78 is 12.8. The van der Waals surface area contributed by atoms with Crippen LogP contribution in [-0.2, 0) is 6.42 Å². The van der Waals surface area contributed by atoms with Crippen molar-refractivity contribution >= 4 is 11.6 Å². The molecule has 3 heteroatoms. The lowest BCUT2D eigenvalue weighted by Crippen LogP contribution is -2.28. The largest absolute Gasteiger partial charge is 0.327 e. The molecule has 0 amide bonds. The predicted molar refractivity (Wildman–Crippen MR) is 65.0 cm³/mol. The Morgan fingerprint density at radius 2 is 2.19 bits per heavy atom. The first kappa shape index (κ1) is 11.9. The number of rotatable bonds is 4. The third kappa shape index (κ3) is 2.96. The second kappa shape index (κ2) is 5.15. The van der Waals surface area contributed by atoms with Crippen LogP contribution in [0.2, 0.25) is 5.02 Å². The summed E-state index contributed by atoms with van der Waals surface area (Å²) in [5, 5.41) is 0.490. The standard InChI is InChI=1S/C13H17ClFN/c14-13-8-11(15)5-4-10(13)7-12(16)6-9-2-1-3-9/h4-5,8-9,12H,1-3,6-7,16H2. The molecule has 0 spiro atoms. The molecule has 1 unspecified atom stereocenters. The number of benzene rings is 1. The fraction of sp³-hybridized carbons (Fsp3) is 0.538. The van der Waals surface area contributed by atoms with E-state index in [1.165, 1.54) is 31.4 Å². The first-order valence-corrected chi connectivity index (χ1v) is 6.22. The molecule has 88 valence electrons. The van der Waals surface area contributed by atoms with Gasteiger partial charge in [0.1, 0.15) is 5.82 Å². The quantitative estimate of drug-likeness (QED) is 0.857. The van der Waals surface area contributed by atoms with E-state index in [0.29, 0.717) is 5.02 Å². The van der Waals surface area contributed by atoms with Gasteiger partial charge < -0.3 is 5.73 Å². The van der Waals surface area contributed by atoms with E-state index in [2.05, 4.69) is 0 Å². The monoisotopic (exact) mass is 241 g/mol. The van der Waals surface area contributed by atoms with E-state index in [4.69, 9.17) is 17.3 Å². The Balaban J connectivity index is 1.91. The number of hydrogen-bond donors (Lipinski definition) is 1. The van der Waals surface area contributed by atoms with Gasteiger partial charge in [-0.15, -0.1) is 0 Å². The van der Waals surface area contributed by atoms with Crippen molar-refractivity contribution in [1.82, 2.24) is 0 Å². The van der Waals surface area contributed by atoms with Gasteiger partial charge in [-0.25, -0.2) is 4.39 Å². The molecule has 2 rings (SSSR count). The van der Waals surface area contributed by atoms with E-state index in [9.17, 15) is 4.39 Å². The Labute approximate surface area is 101 Å². The van der Waals surface area contributed by atoms with Crippen LogP contribution in [-0.4, -0.2) is 6.04 Å². The smallest absolute Gasteiger partial charge is 0.124 e. The van der Waals surface area contributed by atoms with E-state index >= 15 is 0 Å². The molecule has 0 saturated heterocycles. The minimum absolute atomic E-state index is 0.147. The number of hydrogen-bond acceptors (Lipinski definition) is 1. The Kier molecular flexibility index (Phi) is 3.82. The third-order valence-electron chi connectivity index (χ3n) is 3.36. The third-order valence-corrected chi connectivity index (χ3v) is 3.71. The summed E-state index contributed by atoms with van der Waals surface area (Å²) in [6.07, 6.45) is 5.77. The van der Waals surface area contributed by atoms with Gasteiger partial charge in [0.05, 0.1) is 0 Å². The summed E-state index contributed by atoms with van der Waals surface area (Å²) >= 11 is 5.96. The minimum Gasteiger partial charge on any atom is -0.327 e. The molecular formula is C13H17ClFN. The maximum Gasteiger partial charge on any atom is 0.124 e. The molecular weight excluding hydrogens is 225 g/mol. The summed E-state index contributed by atoms with van der Waals surface area (Å²) in [7, 11) is 0. The fourth-order valence-electron chi connectivity index (χ4n) is 2.21. The molecule has 1 nitrogen and oxygen atoms in total. The van der Waals surface area contributed by atoms with Crippen LogP contribution in [0.15, 0.2) is 18.2 Å². The van der Waals surface area contributed by atoms with Crippen molar-refractivity contribution in [3.8, 4) is 0 Å². The molecule has 1 aromatic carbocycles. The Morgan fingerprint density at radius 3 is 2.75 bits per heavy atom. The molecule has 1 fully saturated rings. The van der Waals surface area contributed by atoms with Gasteiger partial charge in [0, 0.05) is 11.1 Å². The highest BCUT2D eigenvalue weighted by molar-refractivity contribution is 6.31. The van der Waals surface area contributed by atoms with Gasteiger partial charge in [0.15, 0.2) is 0 Å². The van der Waals surface area contributed by atoms with Crippen LogP contribution < -0.4 is 5.73 Å². The average Bonchev–Trinajstić information content (AvgIpc) is 2.16. The topological polar surface area (TPSA) is 26.0 Å². The van der Waals surface area contributed by atoms with Crippen molar-refractivity contribution in [2.24, 2.45) is 11.7 Å². The average molecular weight is 242 g/mol. The molecule has 0 aliphatic heterocycles. The highest BCUT2D eigenvalue weighted by Crippen LogP contribution is 2.31. The van der Waals surface area contributed by atoms with Crippen LogP contribution in [0, 0.1) is 11.7 Å². The van der Waals surface area contributed by atoms with Crippen LogP contribution in [0.4, 0.5) is 4.39 Å². The normalized spacial score (nSPS) is 18.2. The minimum atomic E-state index is -0.290. The van der Waals surface area contributed by atoms with Crippen LogP contribution in [0.1, 0.15) is 31.2 Å². The molecule has 2 N–H and O–H groups in total. The van der Waals surface area contributed by atoms with E-state index in [1.54, 1.807) is 6.07 Å². The van der Waals surface area contributed by atoms with Gasteiger partial charge in [0.25, 0.3) is 0 Å². The van der Waals surface area contributed by atoms with Crippen LogP contribution >= 0.6 is 11.6 Å². The van der Waals surface area contributed by atoms with E-state index in [-0.39, 0.29) is 11.9 Å². The second-order valence-electron chi connectivity index (χ2n) is 4.73. The van der Waals surface area contributed by atoms with Gasteiger partial charge in [-0.2, -0.15) is 0 Å². The van der Waals surface area contributed by atoms with Crippen LogP contribution in [0.25, 0.3) is 0 Å². The van der Waals surface area contributed by atoms with Crippen molar-refractivity contribution in [3.63, 3.8) is 0 Å². The first-order chi connectivity index (χ1) is 7.65. The number of nitrogens with two attached hydrogens (primary N) is 1. The maximum atomic E-state index is 12.8. The van der Waals surface area contributed by atoms with Crippen molar-refractivity contribution in [2.45, 2.75) is 38.1 Å². The Morgan fingerprint density at radius 1 is 1.44 bits per heavy atom. The first-order valence-electron chi connectivity index (χ1n) is 5.84. The highest BCUT2D eigenvalue weighted by Gasteiger charge is 2.20. The summed E-state index contributed by atoms with van der Waals surface area (Å²) in [6.45, 7) is 0. The lowest BCUT2D eigenvalue weighted by atomic mass is 9.80. The fourth-order valence-corrected chi connectivity index (χ4v) is 2.45. The maximum absolute atomic E-state index is 12.8. The second-order valence-corrected chi connectivity index (χ2v) is 5.14. The summed E-state index contributed by atoms with van der Waals surface area (Å²) in [5.41, 5.74) is 7.02. The SMILES string of the molecule is NC(Cc1ccc(F)cc1Cl)CC1CCC1. The summed E-state index contributed by atoms with van der Waals surface area (Å²) in [5.74, 6) is 0.510. The van der Waals surface area contributed by atoms with Gasteiger partial charge in [-0.3, -0.25) is 0 Å². The molecule has 0 radical (unpaired) electrons. The van der Waals surface area contributed by atoms with Gasteiger partial charge in [-0.1, -0.05) is 36.9 Å². The van der Waals surface area contributed by atoms with Gasteiger partial charge in [0.2, 0.25) is 0 Å². The van der Waals surface area contributed by atoms with Crippen molar-refractivity contribution in [3.05, 3.63) is 34.6 Å². The molecule has 0 heterocycles. The van der Waals surface area contributed by atoms with Gasteiger partial charge >= 0.3 is 0 Å². The van der Waals surface area contributed by atoms with Gasteiger partial charge in [-0.05, 0) is 36.5 Å². The van der Waals surface area contributed by atoms with E-state index in [0.717, 1.165) is 24.3 Å². The molecule has 1 aliphatic carbocycles.